The molecule has 1 aromatic heterocycles. The molecule has 0 bridgehead atoms. The number of halogens is 1. The van der Waals surface area contributed by atoms with Gasteiger partial charge in [0.15, 0.2) is 0 Å². The van der Waals surface area contributed by atoms with Crippen molar-refractivity contribution in [3.05, 3.63) is 51.5 Å². The number of sulfonamides is 1. The number of hydrogen-bond donors (Lipinski definition) is 2. The lowest BCUT2D eigenvalue weighted by atomic mass is 10.2. The number of rotatable bonds is 6. The Labute approximate surface area is 128 Å². The van der Waals surface area contributed by atoms with Gasteiger partial charge in [0.25, 0.3) is 0 Å². The predicted molar refractivity (Wildman–Crippen MR) is 82.2 cm³/mol. The first-order valence-corrected chi connectivity index (χ1v) is 8.70. The van der Waals surface area contributed by atoms with Crippen LogP contribution in [0.15, 0.2) is 35.2 Å². The molecule has 0 saturated heterocycles. The average molecular weight is 328 g/mol. The molecule has 2 rings (SSSR count). The fourth-order valence-electron chi connectivity index (χ4n) is 1.94. The molecule has 0 aliphatic carbocycles. The average Bonchev–Trinajstić information content (AvgIpc) is 2.85. The summed E-state index contributed by atoms with van der Waals surface area (Å²) in [6, 6.07) is 7.60. The monoisotopic (exact) mass is 328 g/mol. The second-order valence-corrected chi connectivity index (χ2v) is 7.73. The summed E-state index contributed by atoms with van der Waals surface area (Å²) in [5, 5.41) is 2.88. The van der Waals surface area contributed by atoms with Gasteiger partial charge >= 0.3 is 0 Å². The first kappa shape index (κ1) is 16.1. The molecule has 0 unspecified atom stereocenters. The van der Waals surface area contributed by atoms with Crippen LogP contribution in [0.5, 0.6) is 0 Å². The van der Waals surface area contributed by atoms with Crippen molar-refractivity contribution in [1.82, 2.24) is 10.0 Å². The van der Waals surface area contributed by atoms with E-state index in [4.69, 9.17) is 0 Å². The van der Waals surface area contributed by atoms with Gasteiger partial charge in [-0.05, 0) is 43.8 Å². The summed E-state index contributed by atoms with van der Waals surface area (Å²) < 4.78 is 40.6. The van der Waals surface area contributed by atoms with Gasteiger partial charge in [0, 0.05) is 22.8 Å². The normalized spacial score (nSPS) is 11.8. The lowest BCUT2D eigenvalue weighted by Crippen LogP contribution is -2.25. The molecule has 1 aromatic carbocycles. The maximum atomic E-state index is 13.4. The minimum atomic E-state index is -3.75. The van der Waals surface area contributed by atoms with Crippen molar-refractivity contribution in [2.75, 3.05) is 7.05 Å². The number of benzene rings is 1. The van der Waals surface area contributed by atoms with E-state index in [1.54, 1.807) is 7.05 Å². The molecule has 0 atom stereocenters. The summed E-state index contributed by atoms with van der Waals surface area (Å²) in [6.45, 7) is 2.52. The quantitative estimate of drug-likeness (QED) is 0.856. The highest BCUT2D eigenvalue weighted by molar-refractivity contribution is 7.89. The Morgan fingerprint density at radius 1 is 1.19 bits per heavy atom. The fraction of sp³-hybridized carbons (Fsp3) is 0.286. The zero-order valence-electron chi connectivity index (χ0n) is 11.8. The molecule has 1 heterocycles. The Balaban J connectivity index is 2.24. The van der Waals surface area contributed by atoms with Crippen LogP contribution < -0.4 is 10.0 Å². The summed E-state index contributed by atoms with van der Waals surface area (Å²) in [7, 11) is -2.04. The molecule has 21 heavy (non-hydrogen) atoms. The summed E-state index contributed by atoms with van der Waals surface area (Å²) in [4.78, 5) is 2.01. The van der Waals surface area contributed by atoms with Crippen LogP contribution in [0.2, 0.25) is 0 Å². The highest BCUT2D eigenvalue weighted by Crippen LogP contribution is 2.19. The van der Waals surface area contributed by atoms with Gasteiger partial charge in [-0.3, -0.25) is 0 Å². The van der Waals surface area contributed by atoms with Gasteiger partial charge in [0.1, 0.15) is 5.82 Å². The zero-order chi connectivity index (χ0) is 15.5. The van der Waals surface area contributed by atoms with Crippen molar-refractivity contribution in [3.63, 3.8) is 0 Å². The second kappa shape index (κ2) is 6.65. The van der Waals surface area contributed by atoms with Crippen LogP contribution in [0.25, 0.3) is 0 Å². The summed E-state index contributed by atoms with van der Waals surface area (Å²) in [6.07, 6.45) is 0. The highest BCUT2D eigenvalue weighted by Gasteiger charge is 2.19. The van der Waals surface area contributed by atoms with E-state index in [9.17, 15) is 12.8 Å². The van der Waals surface area contributed by atoms with Gasteiger partial charge in [0.2, 0.25) is 10.0 Å². The van der Waals surface area contributed by atoms with Gasteiger partial charge in [-0.15, -0.1) is 11.3 Å². The number of hydrogen-bond acceptors (Lipinski definition) is 4. The van der Waals surface area contributed by atoms with Gasteiger partial charge in [0.05, 0.1) is 4.90 Å². The van der Waals surface area contributed by atoms with Crippen LogP contribution >= 0.6 is 11.3 Å². The molecular formula is C14H17FN2O2S2. The van der Waals surface area contributed by atoms with E-state index in [1.165, 1.54) is 23.5 Å². The van der Waals surface area contributed by atoms with Crippen molar-refractivity contribution in [1.29, 1.82) is 0 Å². The summed E-state index contributed by atoms with van der Waals surface area (Å²) >= 11 is 1.53. The van der Waals surface area contributed by atoms with E-state index in [2.05, 4.69) is 10.0 Å². The van der Waals surface area contributed by atoms with Crippen LogP contribution in [0, 0.1) is 12.7 Å². The van der Waals surface area contributed by atoms with Crippen LogP contribution in [0.3, 0.4) is 0 Å². The molecule has 0 radical (unpaired) electrons. The molecule has 0 amide bonds. The van der Waals surface area contributed by atoms with Crippen molar-refractivity contribution in [2.45, 2.75) is 24.9 Å². The van der Waals surface area contributed by atoms with Crippen molar-refractivity contribution >= 4 is 21.4 Å². The maximum absolute atomic E-state index is 13.4. The minimum absolute atomic E-state index is 0.0230. The SMILES string of the molecule is CNCc1ccc(F)cc1S(=O)(=O)NCc1ccc(C)s1. The Kier molecular flexibility index (Phi) is 5.10. The number of thiophene rings is 1. The van der Waals surface area contributed by atoms with E-state index >= 15 is 0 Å². The third kappa shape index (κ3) is 4.10. The van der Waals surface area contributed by atoms with Gasteiger partial charge in [-0.25, -0.2) is 17.5 Å². The molecule has 114 valence electrons. The lowest BCUT2D eigenvalue weighted by Gasteiger charge is -2.11. The van der Waals surface area contributed by atoms with E-state index in [0.29, 0.717) is 12.1 Å². The molecule has 0 saturated carbocycles. The Bertz CT molecular complexity index is 726. The van der Waals surface area contributed by atoms with Crippen LogP contribution in [-0.2, 0) is 23.1 Å². The molecule has 2 N–H and O–H groups in total. The van der Waals surface area contributed by atoms with E-state index < -0.39 is 15.8 Å². The van der Waals surface area contributed by atoms with Gasteiger partial charge in [-0.1, -0.05) is 6.07 Å². The standard InChI is InChI=1S/C14H17FN2O2S2/c1-10-3-6-13(20-10)9-17-21(18,19)14-7-12(15)5-4-11(14)8-16-2/h3-7,16-17H,8-9H2,1-2H3. The Morgan fingerprint density at radius 2 is 1.95 bits per heavy atom. The topological polar surface area (TPSA) is 58.2 Å². The van der Waals surface area contributed by atoms with E-state index in [-0.39, 0.29) is 11.4 Å². The number of nitrogens with one attached hydrogen (secondary N) is 2. The molecule has 0 spiro atoms. The lowest BCUT2D eigenvalue weighted by molar-refractivity contribution is 0.575. The van der Waals surface area contributed by atoms with Crippen molar-refractivity contribution < 1.29 is 12.8 Å². The Hall–Kier alpha value is -1.28. The van der Waals surface area contributed by atoms with E-state index in [1.807, 2.05) is 19.1 Å². The first-order chi connectivity index (χ1) is 9.92. The second-order valence-electron chi connectivity index (χ2n) is 4.62. The minimum Gasteiger partial charge on any atom is -0.316 e. The largest absolute Gasteiger partial charge is 0.316 e. The third-order valence-electron chi connectivity index (χ3n) is 2.92. The highest BCUT2D eigenvalue weighted by atomic mass is 32.2. The zero-order valence-corrected chi connectivity index (χ0v) is 13.4. The Morgan fingerprint density at radius 3 is 2.57 bits per heavy atom. The van der Waals surface area contributed by atoms with Gasteiger partial charge in [-0.2, -0.15) is 0 Å². The maximum Gasteiger partial charge on any atom is 0.241 e. The van der Waals surface area contributed by atoms with Crippen molar-refractivity contribution in [2.24, 2.45) is 0 Å². The molecule has 7 heteroatoms. The first-order valence-electron chi connectivity index (χ1n) is 6.40. The van der Waals surface area contributed by atoms with E-state index in [0.717, 1.165) is 15.8 Å². The van der Waals surface area contributed by atoms with Crippen LogP contribution in [-0.4, -0.2) is 15.5 Å². The molecule has 2 aromatic rings. The molecule has 0 fully saturated rings. The van der Waals surface area contributed by atoms with Crippen LogP contribution in [0.1, 0.15) is 15.3 Å². The summed E-state index contributed by atoms with van der Waals surface area (Å²) in [5.74, 6) is -0.567. The smallest absolute Gasteiger partial charge is 0.241 e. The van der Waals surface area contributed by atoms with Crippen molar-refractivity contribution in [3.8, 4) is 0 Å². The fourth-order valence-corrected chi connectivity index (χ4v) is 4.11. The predicted octanol–water partition coefficient (Wildman–Crippen LogP) is 2.39. The summed E-state index contributed by atoms with van der Waals surface area (Å²) in [5.41, 5.74) is 0.536. The molecule has 0 aliphatic heterocycles. The molecule has 4 nitrogen and oxygen atoms in total. The molecular weight excluding hydrogens is 311 g/mol. The van der Waals surface area contributed by atoms with Crippen LogP contribution in [0.4, 0.5) is 4.39 Å². The number of aryl methyl sites for hydroxylation is 1. The molecule has 0 aliphatic rings. The van der Waals surface area contributed by atoms with Gasteiger partial charge < -0.3 is 5.32 Å². The third-order valence-corrected chi connectivity index (χ3v) is 5.40.